The number of aromatic nitrogens is 3. The number of hydrogen-bond acceptors (Lipinski definition) is 3. The molecule has 0 aliphatic carbocycles. The molecular formula is C13H8ClN3O2. The molecule has 94 valence electrons. The number of halogens is 1. The Labute approximate surface area is 113 Å². The second-order valence-corrected chi connectivity index (χ2v) is 4.42. The Bertz CT molecular complexity index is 765. The van der Waals surface area contributed by atoms with Gasteiger partial charge in [0.05, 0.1) is 12.4 Å². The third kappa shape index (κ3) is 2.15. The Hall–Kier alpha value is -2.40. The van der Waals surface area contributed by atoms with Crippen LogP contribution in [0.25, 0.3) is 16.8 Å². The first-order valence-corrected chi connectivity index (χ1v) is 5.86. The van der Waals surface area contributed by atoms with Gasteiger partial charge in [-0.1, -0.05) is 23.7 Å². The van der Waals surface area contributed by atoms with Gasteiger partial charge in [0.1, 0.15) is 0 Å². The third-order valence-electron chi connectivity index (χ3n) is 2.72. The number of nitrogens with zero attached hydrogens (tertiary/aromatic N) is 3. The quantitative estimate of drug-likeness (QED) is 0.779. The highest BCUT2D eigenvalue weighted by molar-refractivity contribution is 6.30. The predicted molar refractivity (Wildman–Crippen MR) is 70.4 cm³/mol. The first-order chi connectivity index (χ1) is 9.13. The number of hydrogen-bond donors (Lipinski definition) is 1. The molecule has 1 N–H and O–H groups in total. The fraction of sp³-hybridized carbons (Fsp3) is 0. The molecule has 2 heterocycles. The molecule has 0 saturated carbocycles. The molecule has 0 aliphatic rings. The molecule has 0 spiro atoms. The van der Waals surface area contributed by atoms with E-state index in [4.69, 9.17) is 16.7 Å². The molecule has 2 aromatic heterocycles. The molecule has 19 heavy (non-hydrogen) atoms. The van der Waals surface area contributed by atoms with Gasteiger partial charge in [0.25, 0.3) is 0 Å². The maximum atomic E-state index is 10.8. The van der Waals surface area contributed by atoms with Crippen molar-refractivity contribution >= 4 is 23.2 Å². The second kappa shape index (κ2) is 4.37. The van der Waals surface area contributed by atoms with Crippen molar-refractivity contribution in [3.63, 3.8) is 0 Å². The van der Waals surface area contributed by atoms with E-state index in [-0.39, 0.29) is 5.69 Å². The minimum atomic E-state index is -1.07. The Morgan fingerprint density at radius 2 is 1.95 bits per heavy atom. The standard InChI is InChI=1S/C13H8ClN3O2/c14-10-3-1-8(2-4-10)9-5-12-16-11(13(18)19)7-17(12)15-6-9/h1-7H,(H,18,19). The summed E-state index contributed by atoms with van der Waals surface area (Å²) in [6, 6.07) is 9.10. The van der Waals surface area contributed by atoms with Crippen molar-refractivity contribution in [2.45, 2.75) is 0 Å². The van der Waals surface area contributed by atoms with Crippen LogP contribution in [0, 0.1) is 0 Å². The lowest BCUT2D eigenvalue weighted by Crippen LogP contribution is -1.95. The van der Waals surface area contributed by atoms with Gasteiger partial charge < -0.3 is 5.11 Å². The fourth-order valence-corrected chi connectivity index (χ4v) is 1.91. The predicted octanol–water partition coefficient (Wildman–Crippen LogP) is 2.75. The van der Waals surface area contributed by atoms with E-state index in [0.717, 1.165) is 11.1 Å². The van der Waals surface area contributed by atoms with Crippen LogP contribution < -0.4 is 0 Å². The second-order valence-electron chi connectivity index (χ2n) is 3.99. The average Bonchev–Trinajstić information content (AvgIpc) is 2.82. The van der Waals surface area contributed by atoms with Crippen molar-refractivity contribution in [1.29, 1.82) is 0 Å². The smallest absolute Gasteiger partial charge is 0.356 e. The molecule has 0 saturated heterocycles. The van der Waals surface area contributed by atoms with Crippen molar-refractivity contribution in [1.82, 2.24) is 14.6 Å². The molecule has 0 fully saturated rings. The van der Waals surface area contributed by atoms with Gasteiger partial charge in [-0.15, -0.1) is 0 Å². The summed E-state index contributed by atoms with van der Waals surface area (Å²) >= 11 is 5.84. The minimum Gasteiger partial charge on any atom is -0.476 e. The van der Waals surface area contributed by atoms with E-state index in [1.807, 2.05) is 12.1 Å². The Morgan fingerprint density at radius 3 is 2.63 bits per heavy atom. The molecule has 0 aliphatic heterocycles. The number of imidazole rings is 1. The van der Waals surface area contributed by atoms with Crippen molar-refractivity contribution in [2.24, 2.45) is 0 Å². The van der Waals surface area contributed by atoms with Crippen LogP contribution in [0.4, 0.5) is 0 Å². The molecule has 3 aromatic rings. The molecule has 1 aromatic carbocycles. The maximum Gasteiger partial charge on any atom is 0.356 e. The van der Waals surface area contributed by atoms with Crippen LogP contribution in [-0.4, -0.2) is 25.7 Å². The largest absolute Gasteiger partial charge is 0.476 e. The van der Waals surface area contributed by atoms with E-state index >= 15 is 0 Å². The van der Waals surface area contributed by atoms with Gasteiger partial charge in [0.2, 0.25) is 0 Å². The van der Waals surface area contributed by atoms with Gasteiger partial charge in [0, 0.05) is 10.6 Å². The summed E-state index contributed by atoms with van der Waals surface area (Å²) in [7, 11) is 0. The first kappa shape index (κ1) is 11.7. The molecule has 6 heteroatoms. The van der Waals surface area contributed by atoms with Crippen molar-refractivity contribution < 1.29 is 9.90 Å². The van der Waals surface area contributed by atoms with E-state index in [1.54, 1.807) is 24.4 Å². The average molecular weight is 274 g/mol. The number of fused-ring (bicyclic) bond motifs is 1. The highest BCUT2D eigenvalue weighted by Gasteiger charge is 2.10. The van der Waals surface area contributed by atoms with E-state index < -0.39 is 5.97 Å². The Morgan fingerprint density at radius 1 is 1.21 bits per heavy atom. The molecular weight excluding hydrogens is 266 g/mol. The topological polar surface area (TPSA) is 67.5 Å². The molecule has 0 bridgehead atoms. The van der Waals surface area contributed by atoms with E-state index in [2.05, 4.69) is 10.1 Å². The molecule has 0 atom stereocenters. The molecule has 0 radical (unpaired) electrons. The Kier molecular flexibility index (Phi) is 2.68. The normalized spacial score (nSPS) is 10.8. The van der Waals surface area contributed by atoms with Crippen LogP contribution in [-0.2, 0) is 0 Å². The van der Waals surface area contributed by atoms with Gasteiger partial charge >= 0.3 is 5.97 Å². The number of carboxylic acids is 1. The highest BCUT2D eigenvalue weighted by Crippen LogP contribution is 2.21. The zero-order valence-corrected chi connectivity index (χ0v) is 10.4. The van der Waals surface area contributed by atoms with Gasteiger partial charge in [-0.3, -0.25) is 0 Å². The number of carbonyl (C=O) groups is 1. The fourth-order valence-electron chi connectivity index (χ4n) is 1.78. The minimum absolute atomic E-state index is 0.0271. The SMILES string of the molecule is O=C(O)c1cn2ncc(-c3ccc(Cl)cc3)cc2n1. The van der Waals surface area contributed by atoms with Crippen LogP contribution >= 0.6 is 11.6 Å². The molecule has 0 amide bonds. The summed E-state index contributed by atoms with van der Waals surface area (Å²) in [5.74, 6) is -1.07. The van der Waals surface area contributed by atoms with Crippen LogP contribution in [0.1, 0.15) is 10.5 Å². The number of rotatable bonds is 2. The summed E-state index contributed by atoms with van der Waals surface area (Å²) in [5, 5.41) is 13.7. The zero-order chi connectivity index (χ0) is 13.4. The van der Waals surface area contributed by atoms with Crippen LogP contribution in [0.2, 0.25) is 5.02 Å². The monoisotopic (exact) mass is 273 g/mol. The lowest BCUT2D eigenvalue weighted by Gasteiger charge is -2.01. The van der Waals surface area contributed by atoms with Crippen molar-refractivity contribution in [3.05, 3.63) is 53.4 Å². The van der Waals surface area contributed by atoms with Gasteiger partial charge in [-0.2, -0.15) is 5.10 Å². The van der Waals surface area contributed by atoms with E-state index in [0.29, 0.717) is 10.7 Å². The lowest BCUT2D eigenvalue weighted by atomic mass is 10.1. The molecule has 5 nitrogen and oxygen atoms in total. The number of benzene rings is 1. The van der Waals surface area contributed by atoms with Gasteiger partial charge in [0.15, 0.2) is 11.3 Å². The van der Waals surface area contributed by atoms with Gasteiger partial charge in [-0.05, 0) is 23.8 Å². The van der Waals surface area contributed by atoms with E-state index in [1.165, 1.54) is 10.7 Å². The van der Waals surface area contributed by atoms with Crippen LogP contribution in [0.15, 0.2) is 42.7 Å². The highest BCUT2D eigenvalue weighted by atomic mass is 35.5. The Balaban J connectivity index is 2.10. The van der Waals surface area contributed by atoms with E-state index in [9.17, 15) is 4.79 Å². The first-order valence-electron chi connectivity index (χ1n) is 5.48. The maximum absolute atomic E-state index is 10.8. The number of aromatic carboxylic acids is 1. The van der Waals surface area contributed by atoms with Crippen LogP contribution in [0.3, 0.4) is 0 Å². The lowest BCUT2D eigenvalue weighted by molar-refractivity contribution is 0.0691. The third-order valence-corrected chi connectivity index (χ3v) is 2.97. The molecule has 0 unspecified atom stereocenters. The summed E-state index contributed by atoms with van der Waals surface area (Å²) in [6.07, 6.45) is 3.03. The van der Waals surface area contributed by atoms with Crippen molar-refractivity contribution in [3.8, 4) is 11.1 Å². The zero-order valence-electron chi connectivity index (χ0n) is 9.62. The summed E-state index contributed by atoms with van der Waals surface area (Å²) in [6.45, 7) is 0. The summed E-state index contributed by atoms with van der Waals surface area (Å²) < 4.78 is 1.43. The molecule has 3 rings (SSSR count). The van der Waals surface area contributed by atoms with Crippen molar-refractivity contribution in [2.75, 3.05) is 0 Å². The van der Waals surface area contributed by atoms with Crippen LogP contribution in [0.5, 0.6) is 0 Å². The summed E-state index contributed by atoms with van der Waals surface area (Å²) in [4.78, 5) is 14.8. The summed E-state index contributed by atoms with van der Waals surface area (Å²) in [5.41, 5.74) is 2.26. The van der Waals surface area contributed by atoms with Gasteiger partial charge in [-0.25, -0.2) is 14.3 Å². The number of carboxylic acid groups (broad SMARTS) is 1.